The van der Waals surface area contributed by atoms with Crippen molar-refractivity contribution in [3.05, 3.63) is 29.8 Å². The molecule has 3 nitrogen and oxygen atoms in total. The number of halogens is 1. The summed E-state index contributed by atoms with van der Waals surface area (Å²) in [6, 6.07) is 8.61. The Hall–Kier alpha value is -1.03. The van der Waals surface area contributed by atoms with Gasteiger partial charge < -0.3 is 9.64 Å². The van der Waals surface area contributed by atoms with Gasteiger partial charge in [0.2, 0.25) is 0 Å². The summed E-state index contributed by atoms with van der Waals surface area (Å²) in [6.07, 6.45) is 1.40. The number of anilines is 1. The van der Waals surface area contributed by atoms with Gasteiger partial charge in [0, 0.05) is 23.6 Å². The van der Waals surface area contributed by atoms with E-state index < -0.39 is 0 Å². The summed E-state index contributed by atoms with van der Waals surface area (Å²) in [5.74, 6) is -0.102. The lowest BCUT2D eigenvalue weighted by atomic mass is 10.1. The summed E-state index contributed by atoms with van der Waals surface area (Å²) >= 11 is 3.48. The first-order chi connectivity index (χ1) is 8.76. The SMILES string of the molecule is CCOC(=O)CC1Cc2ccccc2N1CCBr. The van der Waals surface area contributed by atoms with E-state index in [2.05, 4.69) is 39.0 Å². The molecule has 98 valence electrons. The second kappa shape index (κ2) is 6.23. The van der Waals surface area contributed by atoms with E-state index in [-0.39, 0.29) is 12.0 Å². The maximum atomic E-state index is 11.6. The van der Waals surface area contributed by atoms with Crippen LogP contribution in [0.3, 0.4) is 0 Å². The summed E-state index contributed by atoms with van der Waals surface area (Å²) in [4.78, 5) is 13.9. The van der Waals surface area contributed by atoms with E-state index in [1.807, 2.05) is 13.0 Å². The van der Waals surface area contributed by atoms with Gasteiger partial charge in [-0.05, 0) is 25.0 Å². The zero-order valence-electron chi connectivity index (χ0n) is 10.6. The standard InChI is InChI=1S/C14H18BrNO2/c1-2-18-14(17)10-12-9-11-5-3-4-6-13(11)16(12)8-7-15/h3-6,12H,2,7-10H2,1H3. The van der Waals surface area contributed by atoms with E-state index >= 15 is 0 Å². The van der Waals surface area contributed by atoms with E-state index in [9.17, 15) is 4.79 Å². The maximum Gasteiger partial charge on any atom is 0.307 e. The quantitative estimate of drug-likeness (QED) is 0.618. The third-order valence-corrected chi connectivity index (χ3v) is 3.59. The number of alkyl halides is 1. The Morgan fingerprint density at radius 2 is 2.28 bits per heavy atom. The summed E-state index contributed by atoms with van der Waals surface area (Å²) in [5, 5.41) is 0.903. The van der Waals surface area contributed by atoms with Crippen LogP contribution in [0.4, 0.5) is 5.69 Å². The smallest absolute Gasteiger partial charge is 0.307 e. The first-order valence-corrected chi connectivity index (χ1v) is 7.44. The fourth-order valence-corrected chi connectivity index (χ4v) is 2.90. The van der Waals surface area contributed by atoms with Gasteiger partial charge in [-0.2, -0.15) is 0 Å². The van der Waals surface area contributed by atoms with Crippen LogP contribution in [0.1, 0.15) is 18.9 Å². The van der Waals surface area contributed by atoms with Gasteiger partial charge in [0.25, 0.3) is 0 Å². The molecule has 2 rings (SSSR count). The number of rotatable bonds is 5. The van der Waals surface area contributed by atoms with Crippen molar-refractivity contribution >= 4 is 27.6 Å². The van der Waals surface area contributed by atoms with Crippen molar-refractivity contribution in [2.24, 2.45) is 0 Å². The molecule has 0 N–H and O–H groups in total. The van der Waals surface area contributed by atoms with Gasteiger partial charge in [-0.3, -0.25) is 4.79 Å². The molecule has 1 aromatic carbocycles. The molecule has 0 radical (unpaired) electrons. The van der Waals surface area contributed by atoms with Gasteiger partial charge in [0.05, 0.1) is 13.0 Å². The molecule has 1 heterocycles. The summed E-state index contributed by atoms with van der Waals surface area (Å²) in [6.45, 7) is 3.22. The largest absolute Gasteiger partial charge is 0.466 e. The molecule has 4 heteroatoms. The van der Waals surface area contributed by atoms with Crippen LogP contribution in [0, 0.1) is 0 Å². The van der Waals surface area contributed by atoms with E-state index in [0.29, 0.717) is 13.0 Å². The average Bonchev–Trinajstić information content (AvgIpc) is 2.68. The molecule has 0 saturated heterocycles. The van der Waals surface area contributed by atoms with Crippen LogP contribution in [0.2, 0.25) is 0 Å². The molecule has 1 atom stereocenters. The van der Waals surface area contributed by atoms with Crippen LogP contribution < -0.4 is 4.90 Å². The van der Waals surface area contributed by atoms with Crippen LogP contribution in [0.5, 0.6) is 0 Å². The number of hydrogen-bond acceptors (Lipinski definition) is 3. The minimum atomic E-state index is -0.102. The number of carbonyl (C=O) groups is 1. The number of fused-ring (bicyclic) bond motifs is 1. The lowest BCUT2D eigenvalue weighted by molar-refractivity contribution is -0.143. The van der Waals surface area contributed by atoms with E-state index in [0.717, 1.165) is 18.3 Å². The number of hydrogen-bond donors (Lipinski definition) is 0. The predicted octanol–water partition coefficient (Wildman–Crippen LogP) is 2.77. The van der Waals surface area contributed by atoms with Gasteiger partial charge in [-0.1, -0.05) is 34.1 Å². The Bertz CT molecular complexity index is 422. The molecule has 0 amide bonds. The molecule has 0 aromatic heterocycles. The van der Waals surface area contributed by atoms with Gasteiger partial charge in [0.15, 0.2) is 0 Å². The van der Waals surface area contributed by atoms with E-state index in [1.54, 1.807) is 0 Å². The van der Waals surface area contributed by atoms with Crippen molar-refractivity contribution in [1.82, 2.24) is 0 Å². The third kappa shape index (κ3) is 2.86. The second-order valence-electron chi connectivity index (χ2n) is 4.38. The van der Waals surface area contributed by atoms with Crippen LogP contribution in [-0.2, 0) is 16.0 Å². The minimum absolute atomic E-state index is 0.102. The molecule has 1 aliphatic heterocycles. The summed E-state index contributed by atoms with van der Waals surface area (Å²) in [5.41, 5.74) is 2.58. The Balaban J connectivity index is 2.11. The van der Waals surface area contributed by atoms with Crippen molar-refractivity contribution in [2.45, 2.75) is 25.8 Å². The van der Waals surface area contributed by atoms with Gasteiger partial charge in [-0.15, -0.1) is 0 Å². The molecule has 1 aliphatic rings. The molecule has 0 fully saturated rings. The van der Waals surface area contributed by atoms with Crippen LogP contribution in [0.15, 0.2) is 24.3 Å². The molecule has 0 bridgehead atoms. The fraction of sp³-hybridized carbons (Fsp3) is 0.500. The highest BCUT2D eigenvalue weighted by Crippen LogP contribution is 2.33. The number of para-hydroxylation sites is 1. The number of ether oxygens (including phenoxy) is 1. The Kier molecular flexibility index (Phi) is 4.64. The average molecular weight is 312 g/mol. The van der Waals surface area contributed by atoms with E-state index in [1.165, 1.54) is 11.3 Å². The van der Waals surface area contributed by atoms with Crippen molar-refractivity contribution < 1.29 is 9.53 Å². The number of carbonyl (C=O) groups excluding carboxylic acids is 1. The van der Waals surface area contributed by atoms with Gasteiger partial charge in [0.1, 0.15) is 0 Å². The minimum Gasteiger partial charge on any atom is -0.466 e. The summed E-state index contributed by atoms with van der Waals surface area (Å²) in [7, 11) is 0. The lowest BCUT2D eigenvalue weighted by Crippen LogP contribution is -2.35. The zero-order chi connectivity index (χ0) is 13.0. The highest BCUT2D eigenvalue weighted by atomic mass is 79.9. The normalized spacial score (nSPS) is 17.7. The monoisotopic (exact) mass is 311 g/mol. The zero-order valence-corrected chi connectivity index (χ0v) is 12.1. The van der Waals surface area contributed by atoms with Crippen LogP contribution in [-0.4, -0.2) is 30.5 Å². The van der Waals surface area contributed by atoms with Crippen LogP contribution in [0.25, 0.3) is 0 Å². The van der Waals surface area contributed by atoms with Gasteiger partial charge >= 0.3 is 5.97 Å². The molecule has 18 heavy (non-hydrogen) atoms. The first kappa shape index (κ1) is 13.4. The highest BCUT2D eigenvalue weighted by molar-refractivity contribution is 9.09. The molecular weight excluding hydrogens is 294 g/mol. The van der Waals surface area contributed by atoms with Crippen molar-refractivity contribution in [1.29, 1.82) is 0 Å². The second-order valence-corrected chi connectivity index (χ2v) is 5.17. The molecule has 0 aliphatic carbocycles. The van der Waals surface area contributed by atoms with Crippen molar-refractivity contribution in [2.75, 3.05) is 23.4 Å². The summed E-state index contributed by atoms with van der Waals surface area (Å²) < 4.78 is 5.05. The molecule has 0 spiro atoms. The van der Waals surface area contributed by atoms with E-state index in [4.69, 9.17) is 4.74 Å². The Morgan fingerprint density at radius 3 is 3.00 bits per heavy atom. The third-order valence-electron chi connectivity index (χ3n) is 3.23. The number of esters is 1. The Morgan fingerprint density at radius 1 is 1.50 bits per heavy atom. The number of benzene rings is 1. The molecule has 0 saturated carbocycles. The molecule has 1 unspecified atom stereocenters. The maximum absolute atomic E-state index is 11.6. The molecule has 1 aromatic rings. The van der Waals surface area contributed by atoms with Crippen molar-refractivity contribution in [3.63, 3.8) is 0 Å². The topological polar surface area (TPSA) is 29.5 Å². The molecular formula is C14H18BrNO2. The number of nitrogens with zero attached hydrogens (tertiary/aromatic N) is 1. The van der Waals surface area contributed by atoms with Gasteiger partial charge in [-0.25, -0.2) is 0 Å². The highest BCUT2D eigenvalue weighted by Gasteiger charge is 2.30. The fourth-order valence-electron chi connectivity index (χ4n) is 2.51. The lowest BCUT2D eigenvalue weighted by Gasteiger charge is -2.26. The first-order valence-electron chi connectivity index (χ1n) is 6.32. The predicted molar refractivity (Wildman–Crippen MR) is 76.3 cm³/mol. The van der Waals surface area contributed by atoms with Crippen LogP contribution >= 0.6 is 15.9 Å². The Labute approximate surface area is 116 Å². The van der Waals surface area contributed by atoms with Crippen molar-refractivity contribution in [3.8, 4) is 0 Å².